The largest absolute Gasteiger partial charge is 0.496 e. The van der Waals surface area contributed by atoms with E-state index in [-0.39, 0.29) is 11.8 Å². The molecule has 0 unspecified atom stereocenters. The van der Waals surface area contributed by atoms with E-state index < -0.39 is 0 Å². The molecule has 1 rings (SSSR count). The molecule has 0 saturated carbocycles. The zero-order valence-corrected chi connectivity index (χ0v) is 9.73. The van der Waals surface area contributed by atoms with Crippen LogP contribution in [0, 0.1) is 0 Å². The number of amides is 1. The van der Waals surface area contributed by atoms with Gasteiger partial charge in [-0.2, -0.15) is 0 Å². The summed E-state index contributed by atoms with van der Waals surface area (Å²) in [6.45, 7) is 0.314. The average Bonchev–Trinajstić information content (AvgIpc) is 2.26. The Kier molecular flexibility index (Phi) is 4.72. The van der Waals surface area contributed by atoms with Gasteiger partial charge in [0.25, 0.3) is 0 Å². The number of carbonyl (C=O) groups excluding carboxylic acids is 1. The fourth-order valence-electron chi connectivity index (χ4n) is 1.14. The highest BCUT2D eigenvalue weighted by Crippen LogP contribution is 2.25. The Labute approximate surface area is 98.3 Å². The number of rotatable bonds is 4. The maximum Gasteiger partial charge on any atom is 0.235 e. The SMILES string of the molecule is COc1cccc(Cl)c1CNC(=O)CCl. The normalized spacial score (nSPS) is 9.80. The molecule has 0 spiro atoms. The highest BCUT2D eigenvalue weighted by Gasteiger charge is 2.08. The number of hydrogen-bond acceptors (Lipinski definition) is 2. The van der Waals surface area contributed by atoms with Crippen molar-refractivity contribution in [1.29, 1.82) is 0 Å². The first-order valence-corrected chi connectivity index (χ1v) is 5.24. The molecule has 0 fully saturated rings. The van der Waals surface area contributed by atoms with Gasteiger partial charge in [-0.15, -0.1) is 11.6 Å². The van der Waals surface area contributed by atoms with Crippen molar-refractivity contribution in [3.8, 4) is 5.75 Å². The summed E-state index contributed by atoms with van der Waals surface area (Å²) in [7, 11) is 1.55. The molecule has 1 N–H and O–H groups in total. The molecule has 0 aliphatic heterocycles. The minimum Gasteiger partial charge on any atom is -0.496 e. The molecule has 15 heavy (non-hydrogen) atoms. The minimum atomic E-state index is -0.237. The molecule has 0 bridgehead atoms. The number of halogens is 2. The molecular weight excluding hydrogens is 237 g/mol. The molecule has 1 amide bonds. The lowest BCUT2D eigenvalue weighted by Gasteiger charge is -2.10. The Morgan fingerprint density at radius 3 is 2.87 bits per heavy atom. The van der Waals surface area contributed by atoms with Crippen LogP contribution < -0.4 is 10.1 Å². The first kappa shape index (κ1) is 12.1. The second-order valence-electron chi connectivity index (χ2n) is 2.83. The van der Waals surface area contributed by atoms with Gasteiger partial charge in [0.15, 0.2) is 0 Å². The fraction of sp³-hybridized carbons (Fsp3) is 0.300. The molecule has 1 aromatic rings. The van der Waals surface area contributed by atoms with Gasteiger partial charge >= 0.3 is 0 Å². The summed E-state index contributed by atoms with van der Waals surface area (Å²) >= 11 is 11.3. The highest BCUT2D eigenvalue weighted by molar-refractivity contribution is 6.31. The smallest absolute Gasteiger partial charge is 0.235 e. The molecule has 0 heterocycles. The molecule has 0 atom stereocenters. The van der Waals surface area contributed by atoms with Crippen molar-refractivity contribution < 1.29 is 9.53 Å². The maximum atomic E-state index is 11.0. The number of ether oxygens (including phenoxy) is 1. The quantitative estimate of drug-likeness (QED) is 0.829. The Bertz CT molecular complexity index is 355. The standard InChI is InChI=1S/C10H11Cl2NO2/c1-15-9-4-2-3-8(12)7(9)6-13-10(14)5-11/h2-4H,5-6H2,1H3,(H,13,14). The number of carbonyl (C=O) groups is 1. The first-order valence-electron chi connectivity index (χ1n) is 4.33. The summed E-state index contributed by atoms with van der Waals surface area (Å²) in [6, 6.07) is 5.31. The second-order valence-corrected chi connectivity index (χ2v) is 3.51. The summed E-state index contributed by atoms with van der Waals surface area (Å²) in [6.07, 6.45) is 0. The van der Waals surface area contributed by atoms with Gasteiger partial charge in [-0.05, 0) is 12.1 Å². The van der Waals surface area contributed by atoms with E-state index in [2.05, 4.69) is 5.32 Å². The van der Waals surface area contributed by atoms with Crippen LogP contribution in [0.5, 0.6) is 5.75 Å². The van der Waals surface area contributed by atoms with Crippen LogP contribution in [0.4, 0.5) is 0 Å². The van der Waals surface area contributed by atoms with Gasteiger partial charge in [-0.3, -0.25) is 4.79 Å². The van der Waals surface area contributed by atoms with E-state index in [1.807, 2.05) is 0 Å². The number of nitrogens with one attached hydrogen (secondary N) is 1. The summed E-state index contributed by atoms with van der Waals surface area (Å²) < 4.78 is 5.12. The van der Waals surface area contributed by atoms with Gasteiger partial charge in [0, 0.05) is 17.1 Å². The Morgan fingerprint density at radius 1 is 1.53 bits per heavy atom. The third kappa shape index (κ3) is 3.29. The van der Waals surface area contributed by atoms with E-state index in [4.69, 9.17) is 27.9 Å². The molecule has 0 radical (unpaired) electrons. The molecule has 1 aromatic carbocycles. The molecule has 82 valence electrons. The molecule has 5 heteroatoms. The van der Waals surface area contributed by atoms with Crippen LogP contribution in [0.25, 0.3) is 0 Å². The third-order valence-electron chi connectivity index (χ3n) is 1.88. The molecule has 0 aliphatic rings. The number of benzene rings is 1. The fourth-order valence-corrected chi connectivity index (χ4v) is 1.46. The predicted molar refractivity (Wildman–Crippen MR) is 60.6 cm³/mol. The van der Waals surface area contributed by atoms with Crippen molar-refractivity contribution in [1.82, 2.24) is 5.32 Å². The zero-order chi connectivity index (χ0) is 11.3. The van der Waals surface area contributed by atoms with Gasteiger partial charge in [0.1, 0.15) is 11.6 Å². The Hall–Kier alpha value is -0.930. The topological polar surface area (TPSA) is 38.3 Å². The van der Waals surface area contributed by atoms with Crippen molar-refractivity contribution in [2.45, 2.75) is 6.54 Å². The molecule has 0 aliphatic carbocycles. The van der Waals surface area contributed by atoms with Crippen molar-refractivity contribution in [2.75, 3.05) is 13.0 Å². The summed E-state index contributed by atoms with van der Waals surface area (Å²) in [5, 5.41) is 3.19. The number of hydrogen-bond donors (Lipinski definition) is 1. The van der Waals surface area contributed by atoms with Crippen LogP contribution in [-0.2, 0) is 11.3 Å². The van der Waals surface area contributed by atoms with E-state index >= 15 is 0 Å². The maximum absolute atomic E-state index is 11.0. The van der Waals surface area contributed by atoms with Crippen molar-refractivity contribution >= 4 is 29.1 Å². The van der Waals surface area contributed by atoms with Gasteiger partial charge in [0.05, 0.1) is 7.11 Å². The minimum absolute atomic E-state index is 0.0627. The van der Waals surface area contributed by atoms with Crippen LogP contribution >= 0.6 is 23.2 Å². The van der Waals surface area contributed by atoms with E-state index in [0.29, 0.717) is 17.3 Å². The van der Waals surface area contributed by atoms with Gasteiger partial charge in [-0.25, -0.2) is 0 Å². The lowest BCUT2D eigenvalue weighted by Crippen LogP contribution is -2.24. The molecule has 3 nitrogen and oxygen atoms in total. The summed E-state index contributed by atoms with van der Waals surface area (Å²) in [5.41, 5.74) is 0.750. The van der Waals surface area contributed by atoms with Gasteiger partial charge in [-0.1, -0.05) is 17.7 Å². The Morgan fingerprint density at radius 2 is 2.27 bits per heavy atom. The van der Waals surface area contributed by atoms with Crippen LogP contribution in [0.1, 0.15) is 5.56 Å². The van der Waals surface area contributed by atoms with E-state index in [1.54, 1.807) is 25.3 Å². The van der Waals surface area contributed by atoms with Crippen molar-refractivity contribution in [3.05, 3.63) is 28.8 Å². The molecular formula is C10H11Cl2NO2. The third-order valence-corrected chi connectivity index (χ3v) is 2.48. The Balaban J connectivity index is 2.78. The monoisotopic (exact) mass is 247 g/mol. The zero-order valence-electron chi connectivity index (χ0n) is 8.22. The highest BCUT2D eigenvalue weighted by atomic mass is 35.5. The van der Waals surface area contributed by atoms with Crippen molar-refractivity contribution in [3.63, 3.8) is 0 Å². The van der Waals surface area contributed by atoms with Gasteiger partial charge < -0.3 is 10.1 Å². The first-order chi connectivity index (χ1) is 7.19. The van der Waals surface area contributed by atoms with E-state index in [1.165, 1.54) is 0 Å². The van der Waals surface area contributed by atoms with Crippen LogP contribution in [0.2, 0.25) is 5.02 Å². The lowest BCUT2D eigenvalue weighted by atomic mass is 10.2. The van der Waals surface area contributed by atoms with Gasteiger partial charge in [0.2, 0.25) is 5.91 Å². The number of methoxy groups -OCH3 is 1. The molecule has 0 saturated heterocycles. The predicted octanol–water partition coefficient (Wildman–Crippen LogP) is 2.20. The summed E-state index contributed by atoms with van der Waals surface area (Å²) in [5.74, 6) is 0.350. The summed E-state index contributed by atoms with van der Waals surface area (Å²) in [4.78, 5) is 11.0. The van der Waals surface area contributed by atoms with Crippen LogP contribution in [-0.4, -0.2) is 18.9 Å². The van der Waals surface area contributed by atoms with E-state index in [9.17, 15) is 4.79 Å². The average molecular weight is 248 g/mol. The van der Waals surface area contributed by atoms with Crippen LogP contribution in [0.15, 0.2) is 18.2 Å². The molecule has 0 aromatic heterocycles. The second kappa shape index (κ2) is 5.83. The lowest BCUT2D eigenvalue weighted by molar-refractivity contribution is -0.118. The van der Waals surface area contributed by atoms with Crippen LogP contribution in [0.3, 0.4) is 0 Å². The van der Waals surface area contributed by atoms with E-state index in [0.717, 1.165) is 5.56 Å². The number of alkyl halides is 1. The van der Waals surface area contributed by atoms with Crippen molar-refractivity contribution in [2.24, 2.45) is 0 Å².